The van der Waals surface area contributed by atoms with E-state index in [4.69, 9.17) is 5.11 Å². The van der Waals surface area contributed by atoms with Crippen LogP contribution in [0.5, 0.6) is 0 Å². The van der Waals surface area contributed by atoms with Crippen LogP contribution in [-0.2, 0) is 43.0 Å². The molecule has 0 aromatic heterocycles. The molecule has 0 aliphatic carbocycles. The summed E-state index contributed by atoms with van der Waals surface area (Å²) in [6.07, 6.45) is -2.39. The van der Waals surface area contributed by atoms with Gasteiger partial charge < -0.3 is 35.0 Å². The van der Waals surface area contributed by atoms with Gasteiger partial charge in [-0.2, -0.15) is 0 Å². The minimum Gasteiger partial charge on any atom is -0.481 e. The van der Waals surface area contributed by atoms with Gasteiger partial charge in [-0.3, -0.25) is 33.6 Å². The summed E-state index contributed by atoms with van der Waals surface area (Å²) < 4.78 is 9.34. The Kier molecular flexibility index (Phi) is 15.4. The van der Waals surface area contributed by atoms with E-state index in [1.165, 1.54) is 6.92 Å². The molecule has 39 heavy (non-hydrogen) atoms. The summed E-state index contributed by atoms with van der Waals surface area (Å²) in [7, 11) is 2.14. The van der Waals surface area contributed by atoms with Crippen LogP contribution in [0.25, 0.3) is 0 Å². The van der Waals surface area contributed by atoms with E-state index in [0.717, 1.165) is 14.2 Å². The van der Waals surface area contributed by atoms with Crippen molar-refractivity contribution in [3.63, 3.8) is 0 Å². The van der Waals surface area contributed by atoms with Gasteiger partial charge in [0.25, 0.3) is 0 Å². The largest absolute Gasteiger partial charge is 0.481 e. The Hall–Kier alpha value is -3.71. The van der Waals surface area contributed by atoms with E-state index >= 15 is 0 Å². The number of carboxylic acids is 5. The average molecular weight is 563 g/mol. The second kappa shape index (κ2) is 17.0. The predicted octanol–water partition coefficient (Wildman–Crippen LogP) is 1.84. The maximum Gasteiger partial charge on any atom is 0.308 e. The molecule has 0 fully saturated rings. The number of aliphatic carboxylic acids is 5. The lowest BCUT2D eigenvalue weighted by Crippen LogP contribution is -2.32. The molecule has 0 bridgehead atoms. The molecule has 14 heteroatoms. The summed E-state index contributed by atoms with van der Waals surface area (Å²) in [6, 6.07) is 0. The molecular formula is C25H38O14. The summed E-state index contributed by atoms with van der Waals surface area (Å²) in [5.41, 5.74) is 0. The van der Waals surface area contributed by atoms with Crippen LogP contribution in [-0.4, -0.2) is 81.5 Å². The quantitative estimate of drug-likeness (QED) is 0.133. The Labute approximate surface area is 225 Å². The van der Waals surface area contributed by atoms with Crippen molar-refractivity contribution in [1.82, 2.24) is 0 Å². The van der Waals surface area contributed by atoms with E-state index in [1.54, 1.807) is 6.92 Å². The first-order valence-corrected chi connectivity index (χ1v) is 12.4. The third kappa shape index (κ3) is 12.1. The molecule has 0 heterocycles. The highest BCUT2D eigenvalue weighted by molar-refractivity contribution is 5.79. The van der Waals surface area contributed by atoms with Crippen LogP contribution in [0.4, 0.5) is 0 Å². The minimum atomic E-state index is -1.50. The standard InChI is InChI=1S/C25H38O14/c1-5-13(24(36)38-3)7-15(21(30)31)8-16(22(32)33)9-17(23(34)35)11-18(25(37)39-4)10-14(20(28)29)6-12(2)19(26)27/h12-18H,5-11H2,1-4H3,(H,26,27)(H,28,29)(H,30,31)(H,32,33)(H,34,35). The van der Waals surface area contributed by atoms with Crippen molar-refractivity contribution in [1.29, 1.82) is 0 Å². The van der Waals surface area contributed by atoms with Crippen LogP contribution < -0.4 is 0 Å². The molecule has 0 aromatic carbocycles. The van der Waals surface area contributed by atoms with Crippen LogP contribution in [0, 0.1) is 41.4 Å². The molecule has 0 aromatic rings. The van der Waals surface area contributed by atoms with Gasteiger partial charge in [0.15, 0.2) is 0 Å². The fourth-order valence-electron chi connectivity index (χ4n) is 4.49. The Morgan fingerprint density at radius 2 is 0.769 bits per heavy atom. The highest BCUT2D eigenvalue weighted by atomic mass is 16.5. The first-order chi connectivity index (χ1) is 18.1. The number of rotatable bonds is 20. The first-order valence-electron chi connectivity index (χ1n) is 12.4. The summed E-state index contributed by atoms with van der Waals surface area (Å²) in [5, 5.41) is 47.8. The predicted molar refractivity (Wildman–Crippen MR) is 130 cm³/mol. The van der Waals surface area contributed by atoms with Crippen LogP contribution in [0.15, 0.2) is 0 Å². The molecular weight excluding hydrogens is 524 g/mol. The van der Waals surface area contributed by atoms with E-state index in [-0.39, 0.29) is 19.3 Å². The Morgan fingerprint density at radius 3 is 1.05 bits per heavy atom. The van der Waals surface area contributed by atoms with Crippen molar-refractivity contribution in [2.75, 3.05) is 14.2 Å². The summed E-state index contributed by atoms with van der Waals surface area (Å²) in [6.45, 7) is 2.91. The van der Waals surface area contributed by atoms with E-state index in [9.17, 15) is 54.0 Å². The lowest BCUT2D eigenvalue weighted by molar-refractivity contribution is -0.151. The van der Waals surface area contributed by atoms with Crippen molar-refractivity contribution < 1.29 is 68.6 Å². The van der Waals surface area contributed by atoms with Crippen molar-refractivity contribution >= 4 is 41.8 Å². The topological polar surface area (TPSA) is 239 Å². The maximum absolute atomic E-state index is 12.4. The molecule has 0 amide bonds. The molecule has 222 valence electrons. The molecule has 5 N–H and O–H groups in total. The van der Waals surface area contributed by atoms with E-state index in [1.807, 2.05) is 0 Å². The van der Waals surface area contributed by atoms with E-state index in [0.29, 0.717) is 0 Å². The SMILES string of the molecule is CCC(CC(CC(CC(CC(CC(CC(C)C(=O)O)C(=O)O)C(=O)OC)C(=O)O)C(=O)O)C(=O)O)C(=O)OC. The third-order valence-electron chi connectivity index (χ3n) is 6.86. The molecule has 0 saturated heterocycles. The zero-order valence-electron chi connectivity index (χ0n) is 22.4. The Bertz CT molecular complexity index is 897. The number of methoxy groups -OCH3 is 2. The number of carbonyl (C=O) groups is 7. The minimum absolute atomic E-state index is 0.229. The maximum atomic E-state index is 12.4. The molecule has 0 saturated carbocycles. The Morgan fingerprint density at radius 1 is 0.487 bits per heavy atom. The molecule has 0 rings (SSSR count). The van der Waals surface area contributed by atoms with Gasteiger partial charge in [-0.25, -0.2) is 0 Å². The van der Waals surface area contributed by atoms with Gasteiger partial charge in [-0.1, -0.05) is 13.8 Å². The van der Waals surface area contributed by atoms with Crippen LogP contribution >= 0.6 is 0 Å². The highest BCUT2D eigenvalue weighted by Gasteiger charge is 2.38. The van der Waals surface area contributed by atoms with Gasteiger partial charge >= 0.3 is 41.8 Å². The second-order valence-corrected chi connectivity index (χ2v) is 9.64. The van der Waals surface area contributed by atoms with Gasteiger partial charge in [0.05, 0.1) is 55.6 Å². The van der Waals surface area contributed by atoms with Gasteiger partial charge in [-0.05, 0) is 44.9 Å². The highest BCUT2D eigenvalue weighted by Crippen LogP contribution is 2.32. The number of carbonyl (C=O) groups excluding carboxylic acids is 2. The zero-order valence-corrected chi connectivity index (χ0v) is 22.4. The summed E-state index contributed by atoms with van der Waals surface area (Å²) >= 11 is 0. The summed E-state index contributed by atoms with van der Waals surface area (Å²) in [4.78, 5) is 83.1. The fourth-order valence-corrected chi connectivity index (χ4v) is 4.49. The van der Waals surface area contributed by atoms with E-state index < -0.39 is 109 Å². The lowest BCUT2D eigenvalue weighted by atomic mass is 9.78. The number of hydrogen-bond acceptors (Lipinski definition) is 9. The van der Waals surface area contributed by atoms with Crippen molar-refractivity contribution in [3.8, 4) is 0 Å². The smallest absolute Gasteiger partial charge is 0.308 e. The lowest BCUT2D eigenvalue weighted by Gasteiger charge is -2.26. The normalized spacial score (nSPS) is 16.4. The third-order valence-corrected chi connectivity index (χ3v) is 6.86. The Balaban J connectivity index is 5.94. The fraction of sp³-hybridized carbons (Fsp3) is 0.720. The molecule has 14 nitrogen and oxygen atoms in total. The van der Waals surface area contributed by atoms with Crippen molar-refractivity contribution in [3.05, 3.63) is 0 Å². The van der Waals surface area contributed by atoms with Gasteiger partial charge in [0, 0.05) is 0 Å². The van der Waals surface area contributed by atoms with Crippen molar-refractivity contribution in [2.45, 2.75) is 58.8 Å². The van der Waals surface area contributed by atoms with Gasteiger partial charge in [0.1, 0.15) is 0 Å². The molecule has 0 radical (unpaired) electrons. The average Bonchev–Trinajstić information content (AvgIpc) is 2.86. The van der Waals surface area contributed by atoms with Crippen LogP contribution in [0.3, 0.4) is 0 Å². The second-order valence-electron chi connectivity index (χ2n) is 9.64. The molecule has 7 atom stereocenters. The first kappa shape index (κ1) is 35.3. The van der Waals surface area contributed by atoms with Crippen LogP contribution in [0.2, 0.25) is 0 Å². The number of hydrogen-bond donors (Lipinski definition) is 5. The number of esters is 2. The molecule has 0 spiro atoms. The molecule has 0 aliphatic heterocycles. The van der Waals surface area contributed by atoms with Gasteiger partial charge in [-0.15, -0.1) is 0 Å². The number of carboxylic acid groups (broad SMARTS) is 5. The molecule has 0 aliphatic rings. The molecule has 7 unspecified atom stereocenters. The van der Waals surface area contributed by atoms with E-state index in [2.05, 4.69) is 9.47 Å². The number of ether oxygens (including phenoxy) is 2. The van der Waals surface area contributed by atoms with Crippen molar-refractivity contribution in [2.24, 2.45) is 41.4 Å². The van der Waals surface area contributed by atoms with Crippen LogP contribution in [0.1, 0.15) is 58.8 Å². The summed E-state index contributed by atoms with van der Waals surface area (Å²) in [5.74, 6) is -17.4. The monoisotopic (exact) mass is 562 g/mol. The zero-order chi connectivity index (χ0) is 30.4. The van der Waals surface area contributed by atoms with Gasteiger partial charge in [0.2, 0.25) is 0 Å².